The lowest BCUT2D eigenvalue weighted by Gasteiger charge is -2.25. The van der Waals surface area contributed by atoms with Crippen LogP contribution in [0, 0.1) is 19.8 Å². The van der Waals surface area contributed by atoms with Crippen molar-refractivity contribution in [2.24, 2.45) is 5.92 Å². The second-order valence-electron chi connectivity index (χ2n) is 9.61. The fourth-order valence-electron chi connectivity index (χ4n) is 5.08. The number of nitrogens with zero attached hydrogens (tertiary/aromatic N) is 7. The number of carbonyl (C=O) groups is 2. The van der Waals surface area contributed by atoms with E-state index in [1.807, 2.05) is 26.0 Å². The van der Waals surface area contributed by atoms with Crippen molar-refractivity contribution in [1.82, 2.24) is 34.0 Å². The lowest BCUT2D eigenvalue weighted by molar-refractivity contribution is 0.0555. The van der Waals surface area contributed by atoms with Crippen LogP contribution in [0.5, 0.6) is 0 Å². The Balaban J connectivity index is 1.53. The fraction of sp³-hybridized carbons (Fsp3) is 0.259. The molecule has 0 radical (unpaired) electrons. The number of fused-ring (bicyclic) bond motifs is 4. The van der Waals surface area contributed by atoms with Crippen molar-refractivity contribution < 1.29 is 9.59 Å². The Morgan fingerprint density at radius 2 is 1.67 bits per heavy atom. The van der Waals surface area contributed by atoms with Crippen LogP contribution in [0.3, 0.4) is 0 Å². The molecule has 0 unspecified atom stereocenters. The third kappa shape index (κ3) is 3.16. The molecule has 0 N–H and O–H groups in total. The van der Waals surface area contributed by atoms with Gasteiger partial charge in [-0.25, -0.2) is 14.5 Å². The van der Waals surface area contributed by atoms with Crippen LogP contribution in [0.25, 0.3) is 22.4 Å². The van der Waals surface area contributed by atoms with Crippen LogP contribution in [0.4, 0.5) is 0 Å². The molecular formula is C27H25N7O2. The molecule has 0 saturated heterocycles. The lowest BCUT2D eigenvalue weighted by Crippen LogP contribution is -2.35. The van der Waals surface area contributed by atoms with Gasteiger partial charge in [-0.1, -0.05) is 26.0 Å². The molecule has 0 aliphatic carbocycles. The molecule has 1 atom stereocenters. The number of imide groups is 1. The summed E-state index contributed by atoms with van der Waals surface area (Å²) in [5.74, 6) is 0.0228. The van der Waals surface area contributed by atoms with Gasteiger partial charge >= 0.3 is 0 Å². The van der Waals surface area contributed by atoms with Gasteiger partial charge in [-0.2, -0.15) is 0 Å². The zero-order chi connectivity index (χ0) is 25.1. The van der Waals surface area contributed by atoms with Crippen LogP contribution in [0.15, 0.2) is 55.1 Å². The van der Waals surface area contributed by atoms with E-state index in [1.54, 1.807) is 47.5 Å². The van der Waals surface area contributed by atoms with Gasteiger partial charge < -0.3 is 0 Å². The van der Waals surface area contributed by atoms with E-state index < -0.39 is 6.04 Å². The normalized spacial score (nSPS) is 14.4. The zero-order valence-corrected chi connectivity index (χ0v) is 20.5. The van der Waals surface area contributed by atoms with E-state index in [2.05, 4.69) is 23.4 Å². The highest BCUT2D eigenvalue weighted by Gasteiger charge is 2.42. The van der Waals surface area contributed by atoms with Crippen molar-refractivity contribution in [3.05, 3.63) is 83.3 Å². The Kier molecular flexibility index (Phi) is 4.96. The molecule has 1 aliphatic heterocycles. The largest absolute Gasteiger partial charge is 0.297 e. The van der Waals surface area contributed by atoms with Gasteiger partial charge in [0.15, 0.2) is 17.1 Å². The smallest absolute Gasteiger partial charge is 0.262 e. The summed E-state index contributed by atoms with van der Waals surface area (Å²) in [5, 5.41) is 5.60. The lowest BCUT2D eigenvalue weighted by atomic mass is 10.0. The van der Waals surface area contributed by atoms with Crippen LogP contribution in [0.1, 0.15) is 64.1 Å². The summed E-state index contributed by atoms with van der Waals surface area (Å²) in [4.78, 5) is 41.8. The molecule has 2 amide bonds. The van der Waals surface area contributed by atoms with Crippen molar-refractivity contribution in [3.8, 4) is 5.69 Å². The highest BCUT2D eigenvalue weighted by molar-refractivity contribution is 6.21. The minimum atomic E-state index is -0.589. The third-order valence-electron chi connectivity index (χ3n) is 6.88. The van der Waals surface area contributed by atoms with E-state index in [-0.39, 0.29) is 17.7 Å². The first kappa shape index (κ1) is 22.1. The summed E-state index contributed by atoms with van der Waals surface area (Å²) in [6.07, 6.45) is 5.72. The minimum absolute atomic E-state index is 0.208. The van der Waals surface area contributed by atoms with Crippen LogP contribution >= 0.6 is 0 Å². The average molecular weight is 480 g/mol. The van der Waals surface area contributed by atoms with Crippen LogP contribution < -0.4 is 0 Å². The maximum atomic E-state index is 13.3. The maximum Gasteiger partial charge on any atom is 0.262 e. The molecule has 0 saturated carbocycles. The Morgan fingerprint density at radius 3 is 2.31 bits per heavy atom. The van der Waals surface area contributed by atoms with E-state index in [0.717, 1.165) is 28.0 Å². The summed E-state index contributed by atoms with van der Waals surface area (Å²) in [5.41, 5.74) is 5.21. The number of aromatic nitrogens is 6. The molecule has 1 aliphatic rings. The van der Waals surface area contributed by atoms with Gasteiger partial charge in [-0.3, -0.25) is 24.0 Å². The highest BCUT2D eigenvalue weighted by atomic mass is 16.2. The first-order chi connectivity index (χ1) is 17.4. The molecule has 0 spiro atoms. The second-order valence-corrected chi connectivity index (χ2v) is 9.61. The molecule has 0 fully saturated rings. The fourth-order valence-corrected chi connectivity index (χ4v) is 5.08. The van der Waals surface area contributed by atoms with Gasteiger partial charge in [0.05, 0.1) is 28.4 Å². The van der Waals surface area contributed by atoms with Crippen LogP contribution in [-0.2, 0) is 0 Å². The molecule has 9 heteroatoms. The number of amides is 2. The quantitative estimate of drug-likeness (QED) is 0.345. The van der Waals surface area contributed by atoms with Crippen molar-refractivity contribution >= 4 is 28.5 Å². The Hall–Kier alpha value is -4.40. The molecule has 0 bridgehead atoms. The number of aryl methyl sites for hydroxylation is 1. The molecule has 9 nitrogen and oxygen atoms in total. The van der Waals surface area contributed by atoms with Gasteiger partial charge in [0.2, 0.25) is 0 Å². The number of carbonyl (C=O) groups excluding carboxylic acids is 2. The van der Waals surface area contributed by atoms with Crippen molar-refractivity contribution in [2.45, 2.75) is 40.2 Å². The number of hydrogen-bond donors (Lipinski definition) is 0. The van der Waals surface area contributed by atoms with Crippen LogP contribution in [-0.4, -0.2) is 45.8 Å². The van der Waals surface area contributed by atoms with E-state index in [0.29, 0.717) is 29.0 Å². The molecule has 5 heterocycles. The van der Waals surface area contributed by atoms with Crippen molar-refractivity contribution in [1.29, 1.82) is 0 Å². The van der Waals surface area contributed by atoms with Crippen LogP contribution in [0.2, 0.25) is 0 Å². The summed E-state index contributed by atoms with van der Waals surface area (Å²) in [7, 11) is 0. The van der Waals surface area contributed by atoms with Gasteiger partial charge in [-0.15, -0.1) is 5.10 Å². The minimum Gasteiger partial charge on any atom is -0.297 e. The molecular weight excluding hydrogens is 454 g/mol. The molecule has 180 valence electrons. The molecule has 5 aromatic rings. The van der Waals surface area contributed by atoms with Gasteiger partial charge in [0.1, 0.15) is 12.4 Å². The van der Waals surface area contributed by atoms with Crippen molar-refractivity contribution in [2.75, 3.05) is 0 Å². The summed E-state index contributed by atoms with van der Waals surface area (Å²) < 4.78 is 3.70. The van der Waals surface area contributed by atoms with Gasteiger partial charge in [0, 0.05) is 11.9 Å². The predicted molar refractivity (Wildman–Crippen MR) is 134 cm³/mol. The highest BCUT2D eigenvalue weighted by Crippen LogP contribution is 2.35. The maximum absolute atomic E-state index is 13.3. The first-order valence-electron chi connectivity index (χ1n) is 12.0. The molecule has 36 heavy (non-hydrogen) atoms. The Labute approximate surface area is 207 Å². The predicted octanol–water partition coefficient (Wildman–Crippen LogP) is 4.46. The first-order valence-corrected chi connectivity index (χ1v) is 12.0. The molecule has 1 aromatic carbocycles. The number of rotatable bonds is 5. The Morgan fingerprint density at radius 1 is 0.944 bits per heavy atom. The van der Waals surface area contributed by atoms with E-state index >= 15 is 0 Å². The zero-order valence-electron chi connectivity index (χ0n) is 20.5. The number of benzene rings is 1. The van der Waals surface area contributed by atoms with E-state index in [9.17, 15) is 9.59 Å². The second kappa shape index (κ2) is 8.08. The summed E-state index contributed by atoms with van der Waals surface area (Å²) in [6, 6.07) is 10.2. The van der Waals surface area contributed by atoms with Crippen molar-refractivity contribution in [3.63, 3.8) is 0 Å². The van der Waals surface area contributed by atoms with Gasteiger partial charge in [-0.05, 0) is 56.0 Å². The summed E-state index contributed by atoms with van der Waals surface area (Å²) >= 11 is 0. The number of pyridine rings is 1. The van der Waals surface area contributed by atoms with Gasteiger partial charge in [0.25, 0.3) is 11.8 Å². The monoisotopic (exact) mass is 479 g/mol. The topological polar surface area (TPSA) is 98.3 Å². The third-order valence-corrected chi connectivity index (χ3v) is 6.88. The SMILES string of the molecule is Cc1c(C)n(-c2cccnc2)c2ncn3nc([C@H](CC(C)C)N4C(=O)c5ccccc5C4=O)nc3c12. The van der Waals surface area contributed by atoms with E-state index in [4.69, 9.17) is 15.1 Å². The summed E-state index contributed by atoms with van der Waals surface area (Å²) in [6.45, 7) is 8.19. The molecule has 6 rings (SSSR count). The molecule has 4 aromatic heterocycles. The van der Waals surface area contributed by atoms with E-state index in [1.165, 1.54) is 4.90 Å². The number of hydrogen-bond acceptors (Lipinski definition) is 6. The Bertz CT molecular complexity index is 1630. The average Bonchev–Trinajstić information content (AvgIpc) is 3.50. The standard InChI is InChI=1S/C27H25N7O2/c1-15(2)12-21(34-26(35)19-9-5-6-10-20(19)27(34)36)23-30-25-22-16(3)17(4)33(18-8-7-11-28-13-18)24(22)29-14-32(25)31-23/h5-11,13-15,21H,12H2,1-4H3/t21-/m0/s1.